The minimum Gasteiger partial charge on any atom is -0.461 e. The van der Waals surface area contributed by atoms with Crippen LogP contribution in [0.3, 0.4) is 0 Å². The average molecular weight is 724 g/mol. The van der Waals surface area contributed by atoms with Crippen LogP contribution in [0.2, 0.25) is 0 Å². The number of esters is 1. The molecule has 1 saturated carbocycles. The van der Waals surface area contributed by atoms with E-state index >= 15 is 8.78 Å². The minimum absolute atomic E-state index is 0.115. The monoisotopic (exact) mass is 723 g/mol. The average Bonchev–Trinajstić information content (AvgIpc) is 3.66. The molecule has 2 aromatic carbocycles. The molecule has 0 radical (unpaired) electrons. The van der Waals surface area contributed by atoms with E-state index in [-0.39, 0.29) is 27.8 Å². The highest BCUT2D eigenvalue weighted by Crippen LogP contribution is 2.26. The van der Waals surface area contributed by atoms with Gasteiger partial charge >= 0.3 is 11.7 Å². The summed E-state index contributed by atoms with van der Waals surface area (Å²) in [6.45, 7) is 0. The second-order valence-electron chi connectivity index (χ2n) is 11.8. The van der Waals surface area contributed by atoms with Crippen LogP contribution in [0.4, 0.5) is 14.5 Å². The molecule has 3 heterocycles. The number of rotatable bonds is 10. The largest absolute Gasteiger partial charge is 0.461 e. The summed E-state index contributed by atoms with van der Waals surface area (Å²) in [7, 11) is -2.68. The van der Waals surface area contributed by atoms with Gasteiger partial charge in [0, 0.05) is 25.7 Å². The van der Waals surface area contributed by atoms with Crippen LogP contribution < -0.4 is 21.3 Å². The van der Waals surface area contributed by atoms with Crippen molar-refractivity contribution in [3.8, 4) is 5.69 Å². The topological polar surface area (TPSA) is 158 Å². The smallest absolute Gasteiger partial charge is 0.335 e. The van der Waals surface area contributed by atoms with Gasteiger partial charge in [-0.3, -0.25) is 23.9 Å². The van der Waals surface area contributed by atoms with E-state index in [4.69, 9.17) is 4.74 Å². The Bertz CT molecular complexity index is 2300. The van der Waals surface area contributed by atoms with Crippen molar-refractivity contribution in [3.63, 3.8) is 0 Å². The number of ether oxygens (including phenoxy) is 1. The van der Waals surface area contributed by atoms with Gasteiger partial charge in [0.15, 0.2) is 0 Å². The number of aromatic nitrogens is 3. The number of amides is 1. The molecule has 1 aliphatic carbocycles. The first-order valence-corrected chi connectivity index (χ1v) is 18.0. The molecule has 16 heteroatoms. The van der Waals surface area contributed by atoms with Crippen LogP contribution in [0, 0.1) is 11.6 Å². The van der Waals surface area contributed by atoms with Crippen LogP contribution in [-0.2, 0) is 33.0 Å². The third-order valence-electron chi connectivity index (χ3n) is 8.44. The van der Waals surface area contributed by atoms with E-state index in [9.17, 15) is 27.6 Å². The number of carbonyl (C=O) groups is 2. The highest BCUT2D eigenvalue weighted by Gasteiger charge is 2.29. The molecule has 1 atom stereocenters. The number of nitrogens with one attached hydrogen (secondary N) is 2. The van der Waals surface area contributed by atoms with Crippen molar-refractivity contribution in [2.24, 2.45) is 7.05 Å². The first-order valence-electron chi connectivity index (χ1n) is 15.6. The Morgan fingerprint density at radius 1 is 1.04 bits per heavy atom. The fourth-order valence-electron chi connectivity index (χ4n) is 5.81. The summed E-state index contributed by atoms with van der Waals surface area (Å²) >= 11 is 0.885. The van der Waals surface area contributed by atoms with Crippen LogP contribution in [0.5, 0.6) is 0 Å². The Hall–Kier alpha value is -5.22. The molecule has 2 N–H and O–H groups in total. The zero-order valence-electron chi connectivity index (χ0n) is 26.6. The van der Waals surface area contributed by atoms with Crippen molar-refractivity contribution >= 4 is 49.8 Å². The lowest BCUT2D eigenvalue weighted by Gasteiger charge is -2.25. The third-order valence-corrected chi connectivity index (χ3v) is 11.2. The molecule has 5 aromatic rings. The summed E-state index contributed by atoms with van der Waals surface area (Å²) in [5.74, 6) is -4.34. The first kappa shape index (κ1) is 34.6. The van der Waals surface area contributed by atoms with E-state index in [2.05, 4.69) is 10.3 Å². The van der Waals surface area contributed by atoms with Gasteiger partial charge in [0.25, 0.3) is 21.5 Å². The van der Waals surface area contributed by atoms with Crippen molar-refractivity contribution in [1.82, 2.24) is 19.4 Å². The van der Waals surface area contributed by atoms with Crippen LogP contribution >= 0.6 is 11.3 Å². The van der Waals surface area contributed by atoms with Gasteiger partial charge in [0.2, 0.25) is 0 Å². The molecule has 1 aliphatic rings. The maximum Gasteiger partial charge on any atom is 0.335 e. The number of aryl methyl sites for hydroxylation is 1. The van der Waals surface area contributed by atoms with E-state index in [1.807, 2.05) is 4.72 Å². The number of sulfonamides is 1. The van der Waals surface area contributed by atoms with Crippen molar-refractivity contribution in [3.05, 3.63) is 116 Å². The predicted octanol–water partition coefficient (Wildman–Crippen LogP) is 4.44. The van der Waals surface area contributed by atoms with E-state index < -0.39 is 62.1 Å². The van der Waals surface area contributed by atoms with Gasteiger partial charge in [-0.15, -0.1) is 11.3 Å². The maximum atomic E-state index is 15.2. The second kappa shape index (κ2) is 14.3. The van der Waals surface area contributed by atoms with Gasteiger partial charge in [-0.2, -0.15) is 0 Å². The summed E-state index contributed by atoms with van der Waals surface area (Å²) in [5, 5.41) is 4.25. The summed E-state index contributed by atoms with van der Waals surface area (Å²) in [6.07, 6.45) is 6.42. The molecule has 1 fully saturated rings. The maximum absolute atomic E-state index is 15.2. The van der Waals surface area contributed by atoms with Crippen LogP contribution in [0.15, 0.2) is 86.2 Å². The van der Waals surface area contributed by atoms with Crippen LogP contribution in [0.25, 0.3) is 16.6 Å². The minimum atomic E-state index is -4.20. The molecule has 12 nitrogen and oxygen atoms in total. The van der Waals surface area contributed by atoms with Gasteiger partial charge in [-0.1, -0.05) is 24.6 Å². The third kappa shape index (κ3) is 7.21. The number of anilines is 1. The van der Waals surface area contributed by atoms with Crippen LogP contribution in [-0.4, -0.2) is 46.6 Å². The number of hydrogen-bond donors (Lipinski definition) is 2. The number of halogens is 2. The lowest BCUT2D eigenvalue weighted by atomic mass is 9.97. The molecular weight excluding hydrogens is 693 g/mol. The zero-order valence-corrected chi connectivity index (χ0v) is 28.2. The van der Waals surface area contributed by atoms with Crippen molar-refractivity contribution in [2.45, 2.75) is 54.9 Å². The fourth-order valence-corrected chi connectivity index (χ4v) is 7.86. The number of thiophene rings is 1. The Balaban J connectivity index is 1.25. The molecule has 6 rings (SSSR count). The second-order valence-corrected chi connectivity index (χ2v) is 14.7. The molecule has 0 saturated heterocycles. The molecule has 0 spiro atoms. The normalized spacial score (nSPS) is 14.3. The van der Waals surface area contributed by atoms with Gasteiger partial charge in [-0.05, 0) is 67.0 Å². The molecular formula is C34H31F2N5O7S2. The standard InChI is InChI=1S/C34H31F2N5O7S2/c1-40-29-19-37-14-13-23(29)32(43)41(34(40)45)21-11-9-20(10-12-21)16-28(33(44)48-22-6-3-2-4-7-22)38-31(42)24-17-26(36)27(18-25(24)35)39-50(46,47)30-8-5-15-49-30/h5,8-15,17-19,22,28,39H,2-4,6-7,16H2,1H3,(H,38,42)/t28-/m0/s1. The highest BCUT2D eigenvalue weighted by molar-refractivity contribution is 7.94. The van der Waals surface area contributed by atoms with E-state index in [1.165, 1.54) is 59.7 Å². The Morgan fingerprint density at radius 3 is 2.48 bits per heavy atom. The number of carbonyl (C=O) groups excluding carboxylic acids is 2. The molecule has 3 aromatic heterocycles. The first-order chi connectivity index (χ1) is 23.9. The fraction of sp³-hybridized carbons (Fsp3) is 0.265. The summed E-state index contributed by atoms with van der Waals surface area (Å²) in [6, 6.07) is 10.2. The Labute approximate surface area is 288 Å². The van der Waals surface area contributed by atoms with Crippen molar-refractivity contribution < 1.29 is 31.5 Å². The Morgan fingerprint density at radius 2 is 1.78 bits per heavy atom. The summed E-state index contributed by atoms with van der Waals surface area (Å²) in [5.41, 5.74) is -1.46. The molecule has 0 aliphatic heterocycles. The lowest BCUT2D eigenvalue weighted by molar-refractivity contribution is -0.152. The van der Waals surface area contributed by atoms with Gasteiger partial charge in [-0.25, -0.2) is 31.4 Å². The summed E-state index contributed by atoms with van der Waals surface area (Å²) in [4.78, 5) is 57.0. The number of pyridine rings is 1. The number of hydrogen-bond acceptors (Lipinski definition) is 9. The number of nitrogens with zero attached hydrogens (tertiary/aromatic N) is 3. The van der Waals surface area contributed by atoms with Gasteiger partial charge in [0.05, 0.1) is 34.0 Å². The summed E-state index contributed by atoms with van der Waals surface area (Å²) < 4.78 is 65.2. The van der Waals surface area contributed by atoms with Gasteiger partial charge < -0.3 is 10.1 Å². The zero-order chi connectivity index (χ0) is 35.6. The molecule has 0 bridgehead atoms. The van der Waals surface area contributed by atoms with Gasteiger partial charge in [0.1, 0.15) is 28.0 Å². The molecule has 50 heavy (non-hydrogen) atoms. The Kier molecular flexibility index (Phi) is 9.93. The van der Waals surface area contributed by atoms with E-state index in [0.29, 0.717) is 36.1 Å². The number of benzene rings is 2. The van der Waals surface area contributed by atoms with Crippen molar-refractivity contribution in [2.75, 3.05) is 4.72 Å². The highest BCUT2D eigenvalue weighted by atomic mass is 32.2. The lowest BCUT2D eigenvalue weighted by Crippen LogP contribution is -2.45. The SMILES string of the molecule is Cn1c(=O)n(-c2ccc(C[C@H](NC(=O)c3cc(F)c(NS(=O)(=O)c4cccs4)cc3F)C(=O)OC3CCCCC3)cc2)c(=O)c2ccncc21. The van der Waals surface area contributed by atoms with Crippen LogP contribution in [0.1, 0.15) is 48.0 Å². The number of fused-ring (bicyclic) bond motifs is 1. The molecule has 1 amide bonds. The quantitative estimate of drug-likeness (QED) is 0.200. The molecule has 260 valence electrons. The molecule has 0 unspecified atom stereocenters. The predicted molar refractivity (Wildman–Crippen MR) is 182 cm³/mol. The van der Waals surface area contributed by atoms with E-state index in [0.717, 1.165) is 35.2 Å². The van der Waals surface area contributed by atoms with E-state index in [1.54, 1.807) is 12.1 Å². The van der Waals surface area contributed by atoms with Crippen molar-refractivity contribution in [1.29, 1.82) is 0 Å².